The summed E-state index contributed by atoms with van der Waals surface area (Å²) in [5.74, 6) is 0.748. The molecule has 0 atom stereocenters. The summed E-state index contributed by atoms with van der Waals surface area (Å²) in [7, 11) is 2.12. The molecule has 0 radical (unpaired) electrons. The highest BCUT2D eigenvalue weighted by molar-refractivity contribution is 9.10. The summed E-state index contributed by atoms with van der Waals surface area (Å²) in [6.45, 7) is 2.91. The molecule has 1 aliphatic heterocycles. The van der Waals surface area contributed by atoms with E-state index in [4.69, 9.17) is 4.74 Å². The summed E-state index contributed by atoms with van der Waals surface area (Å²) in [5, 5.41) is 0. The number of anilines is 1. The Morgan fingerprint density at radius 2 is 2.19 bits per heavy atom. The van der Waals surface area contributed by atoms with Crippen LogP contribution in [-0.2, 0) is 4.74 Å². The number of hydrogen-bond acceptors (Lipinski definition) is 3. The smallest absolute Gasteiger partial charge is 0.0561 e. The zero-order valence-corrected chi connectivity index (χ0v) is 11.1. The Morgan fingerprint density at radius 1 is 1.44 bits per heavy atom. The number of pyridine rings is 1. The van der Waals surface area contributed by atoms with Gasteiger partial charge < -0.3 is 9.64 Å². The summed E-state index contributed by atoms with van der Waals surface area (Å²) in [5.41, 5.74) is 1.17. The van der Waals surface area contributed by atoms with Crippen molar-refractivity contribution in [3.8, 4) is 0 Å². The fourth-order valence-electron chi connectivity index (χ4n) is 2.03. The highest BCUT2D eigenvalue weighted by atomic mass is 79.9. The zero-order chi connectivity index (χ0) is 11.4. The van der Waals surface area contributed by atoms with E-state index in [1.54, 1.807) is 0 Å². The number of halogens is 1. The van der Waals surface area contributed by atoms with E-state index >= 15 is 0 Å². The lowest BCUT2D eigenvalue weighted by Crippen LogP contribution is -2.29. The van der Waals surface area contributed by atoms with Gasteiger partial charge in [0.25, 0.3) is 0 Å². The number of aromatic nitrogens is 1. The molecule has 0 aromatic carbocycles. The molecule has 16 heavy (non-hydrogen) atoms. The molecule has 0 N–H and O–H groups in total. The zero-order valence-electron chi connectivity index (χ0n) is 9.53. The third kappa shape index (κ3) is 3.19. The van der Waals surface area contributed by atoms with Gasteiger partial charge >= 0.3 is 0 Å². The average Bonchev–Trinajstić information content (AvgIpc) is 2.30. The van der Waals surface area contributed by atoms with Crippen molar-refractivity contribution in [2.75, 3.05) is 31.7 Å². The molecular formula is C12H17BrN2O. The molecule has 0 spiro atoms. The highest BCUT2D eigenvalue weighted by Gasteiger charge is 2.16. The van der Waals surface area contributed by atoms with E-state index < -0.39 is 0 Å². The molecular weight excluding hydrogens is 268 g/mol. The quantitative estimate of drug-likeness (QED) is 0.854. The standard InChI is InChI=1S/C12H17BrN2O/c1-15(9-10-2-4-16-5-3-10)12-6-11(13)7-14-8-12/h6-8,10H,2-5,9H2,1H3. The van der Waals surface area contributed by atoms with Gasteiger partial charge in [-0.15, -0.1) is 0 Å². The number of nitrogens with zero attached hydrogens (tertiary/aromatic N) is 2. The minimum absolute atomic E-state index is 0.748. The van der Waals surface area contributed by atoms with Gasteiger partial charge in [0, 0.05) is 37.5 Å². The van der Waals surface area contributed by atoms with Crippen molar-refractivity contribution in [1.29, 1.82) is 0 Å². The van der Waals surface area contributed by atoms with Gasteiger partial charge in [0.2, 0.25) is 0 Å². The lowest BCUT2D eigenvalue weighted by atomic mass is 10.00. The molecule has 0 amide bonds. The van der Waals surface area contributed by atoms with Crippen LogP contribution in [0.5, 0.6) is 0 Å². The first-order valence-corrected chi connectivity index (χ1v) is 6.44. The first kappa shape index (κ1) is 11.9. The summed E-state index contributed by atoms with van der Waals surface area (Å²) in [4.78, 5) is 6.46. The molecule has 2 rings (SSSR count). The molecule has 1 saturated heterocycles. The van der Waals surface area contributed by atoms with Gasteiger partial charge in [-0.25, -0.2) is 0 Å². The van der Waals surface area contributed by atoms with Crippen LogP contribution >= 0.6 is 15.9 Å². The minimum atomic E-state index is 0.748. The van der Waals surface area contributed by atoms with Crippen LogP contribution in [0.1, 0.15) is 12.8 Å². The van der Waals surface area contributed by atoms with Crippen molar-refractivity contribution >= 4 is 21.6 Å². The van der Waals surface area contributed by atoms with Gasteiger partial charge in [-0.05, 0) is 40.8 Å². The molecule has 0 aliphatic carbocycles. The molecule has 1 aromatic rings. The van der Waals surface area contributed by atoms with Crippen LogP contribution in [0.4, 0.5) is 5.69 Å². The third-order valence-corrected chi connectivity index (χ3v) is 3.44. The lowest BCUT2D eigenvalue weighted by Gasteiger charge is -2.28. The SMILES string of the molecule is CN(CC1CCOCC1)c1cncc(Br)c1. The third-order valence-electron chi connectivity index (χ3n) is 3.00. The monoisotopic (exact) mass is 284 g/mol. The summed E-state index contributed by atoms with van der Waals surface area (Å²) >= 11 is 3.45. The van der Waals surface area contributed by atoms with Crippen molar-refractivity contribution in [2.45, 2.75) is 12.8 Å². The maximum Gasteiger partial charge on any atom is 0.0561 e. The van der Waals surface area contributed by atoms with Crippen LogP contribution in [-0.4, -0.2) is 31.8 Å². The van der Waals surface area contributed by atoms with E-state index in [-0.39, 0.29) is 0 Å². The van der Waals surface area contributed by atoms with Gasteiger partial charge in [-0.2, -0.15) is 0 Å². The van der Waals surface area contributed by atoms with E-state index in [9.17, 15) is 0 Å². The molecule has 3 nitrogen and oxygen atoms in total. The van der Waals surface area contributed by atoms with E-state index in [2.05, 4.69) is 38.9 Å². The van der Waals surface area contributed by atoms with E-state index in [0.29, 0.717) is 0 Å². The van der Waals surface area contributed by atoms with Crippen LogP contribution in [0.3, 0.4) is 0 Å². The van der Waals surface area contributed by atoms with Crippen molar-refractivity contribution < 1.29 is 4.74 Å². The Hall–Kier alpha value is -0.610. The molecule has 1 fully saturated rings. The van der Waals surface area contributed by atoms with Crippen molar-refractivity contribution in [3.63, 3.8) is 0 Å². The van der Waals surface area contributed by atoms with Crippen LogP contribution in [0.15, 0.2) is 22.9 Å². The average molecular weight is 285 g/mol. The second kappa shape index (κ2) is 5.64. The topological polar surface area (TPSA) is 25.4 Å². The molecule has 0 unspecified atom stereocenters. The van der Waals surface area contributed by atoms with Crippen molar-refractivity contribution in [2.24, 2.45) is 5.92 Å². The Morgan fingerprint density at radius 3 is 2.88 bits per heavy atom. The Bertz CT molecular complexity index is 340. The molecule has 88 valence electrons. The van der Waals surface area contributed by atoms with Crippen LogP contribution in [0, 0.1) is 5.92 Å². The maximum absolute atomic E-state index is 5.37. The summed E-state index contributed by atoms with van der Waals surface area (Å²) in [6, 6.07) is 2.10. The Labute approximate surface area is 105 Å². The largest absolute Gasteiger partial charge is 0.381 e. The first-order chi connectivity index (χ1) is 7.75. The molecule has 2 heterocycles. The van der Waals surface area contributed by atoms with Crippen LogP contribution < -0.4 is 4.90 Å². The molecule has 4 heteroatoms. The second-order valence-corrected chi connectivity index (χ2v) is 5.21. The summed E-state index contributed by atoms with van der Waals surface area (Å²) in [6.07, 6.45) is 6.06. The normalized spacial score (nSPS) is 17.4. The van der Waals surface area contributed by atoms with Gasteiger partial charge in [0.1, 0.15) is 0 Å². The number of rotatable bonds is 3. The molecule has 0 saturated carbocycles. The first-order valence-electron chi connectivity index (χ1n) is 5.65. The van der Waals surface area contributed by atoms with Crippen molar-refractivity contribution in [1.82, 2.24) is 4.98 Å². The Kier molecular flexibility index (Phi) is 4.18. The summed E-state index contributed by atoms with van der Waals surface area (Å²) < 4.78 is 6.40. The Balaban J connectivity index is 1.94. The second-order valence-electron chi connectivity index (χ2n) is 4.30. The minimum Gasteiger partial charge on any atom is -0.381 e. The van der Waals surface area contributed by atoms with Gasteiger partial charge in [0.15, 0.2) is 0 Å². The molecule has 1 aliphatic rings. The lowest BCUT2D eigenvalue weighted by molar-refractivity contribution is 0.0685. The predicted molar refractivity (Wildman–Crippen MR) is 68.8 cm³/mol. The van der Waals surface area contributed by atoms with Gasteiger partial charge in [0.05, 0.1) is 11.9 Å². The number of hydrogen-bond donors (Lipinski definition) is 0. The predicted octanol–water partition coefficient (Wildman–Crippen LogP) is 2.71. The van der Waals surface area contributed by atoms with E-state index in [1.807, 2.05) is 12.4 Å². The fourth-order valence-corrected chi connectivity index (χ4v) is 2.38. The van der Waals surface area contributed by atoms with E-state index in [0.717, 1.165) is 30.1 Å². The van der Waals surface area contributed by atoms with Crippen LogP contribution in [0.2, 0.25) is 0 Å². The van der Waals surface area contributed by atoms with Gasteiger partial charge in [-0.3, -0.25) is 4.98 Å². The number of ether oxygens (including phenoxy) is 1. The van der Waals surface area contributed by atoms with Crippen molar-refractivity contribution in [3.05, 3.63) is 22.9 Å². The fraction of sp³-hybridized carbons (Fsp3) is 0.583. The molecule has 1 aromatic heterocycles. The van der Waals surface area contributed by atoms with E-state index in [1.165, 1.54) is 18.5 Å². The van der Waals surface area contributed by atoms with Gasteiger partial charge in [-0.1, -0.05) is 0 Å². The molecule has 0 bridgehead atoms. The maximum atomic E-state index is 5.37. The van der Waals surface area contributed by atoms with Crippen LogP contribution in [0.25, 0.3) is 0 Å². The highest BCUT2D eigenvalue weighted by Crippen LogP contribution is 2.21.